The van der Waals surface area contributed by atoms with Gasteiger partial charge in [0.1, 0.15) is 0 Å². The van der Waals surface area contributed by atoms with Crippen LogP contribution < -0.4 is 4.90 Å². The molecule has 1 aromatic carbocycles. The van der Waals surface area contributed by atoms with Crippen LogP contribution in [0.25, 0.3) is 0 Å². The van der Waals surface area contributed by atoms with E-state index >= 15 is 0 Å². The zero-order valence-corrected chi connectivity index (χ0v) is 9.66. The van der Waals surface area contributed by atoms with Crippen LogP contribution in [0.3, 0.4) is 0 Å². The molecule has 1 aliphatic rings. The largest absolute Gasteiger partial charge is 0.478 e. The van der Waals surface area contributed by atoms with Crippen molar-refractivity contribution in [3.63, 3.8) is 0 Å². The van der Waals surface area contributed by atoms with E-state index in [0.717, 1.165) is 12.5 Å². The maximum absolute atomic E-state index is 12.7. The van der Waals surface area contributed by atoms with Gasteiger partial charge < -0.3 is 10.0 Å². The highest BCUT2D eigenvalue weighted by atomic mass is 19.4. The maximum Gasteiger partial charge on any atom is 0.416 e. The Kier molecular flexibility index (Phi) is 2.96. The van der Waals surface area contributed by atoms with Gasteiger partial charge >= 0.3 is 12.1 Å². The van der Waals surface area contributed by atoms with Crippen molar-refractivity contribution in [2.75, 3.05) is 11.4 Å². The van der Waals surface area contributed by atoms with Crippen molar-refractivity contribution in [3.8, 4) is 0 Å². The molecule has 1 saturated heterocycles. The summed E-state index contributed by atoms with van der Waals surface area (Å²) in [4.78, 5) is 12.6. The van der Waals surface area contributed by atoms with E-state index in [1.54, 1.807) is 4.90 Å². The molecule has 6 heteroatoms. The predicted molar refractivity (Wildman–Crippen MR) is 59.8 cm³/mol. The van der Waals surface area contributed by atoms with Gasteiger partial charge in [0, 0.05) is 18.3 Å². The fourth-order valence-electron chi connectivity index (χ4n) is 1.96. The van der Waals surface area contributed by atoms with Crippen LogP contribution in [-0.2, 0) is 6.18 Å². The van der Waals surface area contributed by atoms with E-state index in [0.29, 0.717) is 18.3 Å². The molecule has 1 aromatic rings. The van der Waals surface area contributed by atoms with Gasteiger partial charge in [0.15, 0.2) is 0 Å². The van der Waals surface area contributed by atoms with E-state index in [1.807, 2.05) is 6.92 Å². The van der Waals surface area contributed by atoms with E-state index in [2.05, 4.69) is 0 Å². The minimum Gasteiger partial charge on any atom is -0.478 e. The summed E-state index contributed by atoms with van der Waals surface area (Å²) in [5.41, 5.74) is -0.934. The summed E-state index contributed by atoms with van der Waals surface area (Å²) in [5.74, 6) is -1.35. The lowest BCUT2D eigenvalue weighted by Gasteiger charge is -2.41. The zero-order chi connectivity index (χ0) is 13.5. The first-order chi connectivity index (χ1) is 8.29. The Morgan fingerprint density at radius 2 is 2.06 bits per heavy atom. The minimum absolute atomic E-state index is 0.148. The zero-order valence-electron chi connectivity index (χ0n) is 9.66. The molecule has 0 radical (unpaired) electrons. The molecule has 1 fully saturated rings. The van der Waals surface area contributed by atoms with Gasteiger partial charge in [-0.25, -0.2) is 4.79 Å². The number of halogens is 3. The van der Waals surface area contributed by atoms with Crippen molar-refractivity contribution in [2.45, 2.75) is 25.6 Å². The smallest absolute Gasteiger partial charge is 0.416 e. The number of nitrogens with zero attached hydrogens (tertiary/aromatic N) is 1. The summed E-state index contributed by atoms with van der Waals surface area (Å²) in [6, 6.07) is 3.10. The number of hydrogen-bond donors (Lipinski definition) is 1. The third-order valence-electron chi connectivity index (χ3n) is 3.14. The van der Waals surface area contributed by atoms with Crippen LogP contribution in [0.5, 0.6) is 0 Å². The summed E-state index contributed by atoms with van der Waals surface area (Å²) in [6.07, 6.45) is -3.63. The normalized spacial score (nSPS) is 19.6. The molecule has 98 valence electrons. The lowest BCUT2D eigenvalue weighted by atomic mass is 10.0. The Hall–Kier alpha value is -1.72. The van der Waals surface area contributed by atoms with E-state index in [9.17, 15) is 18.0 Å². The first-order valence-electron chi connectivity index (χ1n) is 5.51. The Balaban J connectivity index is 2.46. The summed E-state index contributed by atoms with van der Waals surface area (Å²) in [7, 11) is 0. The average molecular weight is 259 g/mol. The number of alkyl halides is 3. The summed E-state index contributed by atoms with van der Waals surface area (Å²) in [5, 5.41) is 8.85. The molecular formula is C12H12F3NO2. The van der Waals surface area contributed by atoms with Gasteiger partial charge in [0.2, 0.25) is 0 Å². The molecule has 0 spiro atoms. The second-order valence-corrected chi connectivity index (χ2v) is 4.40. The molecule has 1 unspecified atom stereocenters. The Bertz CT molecular complexity index is 485. The molecule has 1 N–H and O–H groups in total. The standard InChI is InChI=1S/C12H12F3NO2/c1-7-2-3-16(7)10-5-8(11(17)18)4-9(6-10)12(13,14)15/h4-7H,2-3H2,1H3,(H,17,18). The molecular weight excluding hydrogens is 247 g/mol. The molecule has 0 saturated carbocycles. The lowest BCUT2D eigenvalue weighted by Crippen LogP contribution is -2.45. The highest BCUT2D eigenvalue weighted by molar-refractivity contribution is 5.89. The monoisotopic (exact) mass is 259 g/mol. The number of carboxylic acids is 1. The Morgan fingerprint density at radius 1 is 1.39 bits per heavy atom. The molecule has 1 heterocycles. The lowest BCUT2D eigenvalue weighted by molar-refractivity contribution is -0.137. The van der Waals surface area contributed by atoms with Crippen LogP contribution in [0.1, 0.15) is 29.3 Å². The van der Waals surface area contributed by atoms with Crippen molar-refractivity contribution in [3.05, 3.63) is 29.3 Å². The van der Waals surface area contributed by atoms with Gasteiger partial charge in [-0.1, -0.05) is 0 Å². The number of carboxylic acid groups (broad SMARTS) is 1. The number of hydrogen-bond acceptors (Lipinski definition) is 2. The average Bonchev–Trinajstić information content (AvgIpc) is 2.25. The van der Waals surface area contributed by atoms with Crippen molar-refractivity contribution in [2.24, 2.45) is 0 Å². The third kappa shape index (κ3) is 2.27. The van der Waals surface area contributed by atoms with E-state index in [4.69, 9.17) is 5.11 Å². The number of benzene rings is 1. The van der Waals surface area contributed by atoms with Crippen molar-refractivity contribution in [1.82, 2.24) is 0 Å². The quantitative estimate of drug-likeness (QED) is 0.887. The van der Waals surface area contributed by atoms with Crippen molar-refractivity contribution in [1.29, 1.82) is 0 Å². The van der Waals surface area contributed by atoms with Gasteiger partial charge in [0.25, 0.3) is 0 Å². The molecule has 18 heavy (non-hydrogen) atoms. The fraction of sp³-hybridized carbons (Fsp3) is 0.417. The van der Waals surface area contributed by atoms with Crippen LogP contribution >= 0.6 is 0 Å². The summed E-state index contributed by atoms with van der Waals surface area (Å²) in [6.45, 7) is 2.55. The first-order valence-corrected chi connectivity index (χ1v) is 5.51. The number of anilines is 1. The van der Waals surface area contributed by atoms with Crippen molar-refractivity contribution < 1.29 is 23.1 Å². The Morgan fingerprint density at radius 3 is 2.44 bits per heavy atom. The SMILES string of the molecule is CC1CCN1c1cc(C(=O)O)cc(C(F)(F)F)c1. The second-order valence-electron chi connectivity index (χ2n) is 4.40. The molecule has 0 bridgehead atoms. The number of aromatic carboxylic acids is 1. The van der Waals surface area contributed by atoms with Gasteiger partial charge in [-0.15, -0.1) is 0 Å². The number of carbonyl (C=O) groups is 1. The molecule has 0 aromatic heterocycles. The summed E-state index contributed by atoms with van der Waals surface area (Å²) >= 11 is 0. The van der Waals surface area contributed by atoms with Gasteiger partial charge in [-0.2, -0.15) is 13.2 Å². The molecule has 1 aliphatic heterocycles. The van der Waals surface area contributed by atoms with Crippen LogP contribution in [0.2, 0.25) is 0 Å². The summed E-state index contributed by atoms with van der Waals surface area (Å²) < 4.78 is 38.0. The molecule has 0 amide bonds. The second kappa shape index (κ2) is 4.19. The minimum atomic E-state index is -4.53. The highest BCUT2D eigenvalue weighted by Gasteiger charge is 2.33. The van der Waals surface area contributed by atoms with Crippen LogP contribution in [0, 0.1) is 0 Å². The number of rotatable bonds is 2. The molecule has 1 atom stereocenters. The van der Waals surface area contributed by atoms with Gasteiger partial charge in [-0.3, -0.25) is 0 Å². The maximum atomic E-state index is 12.7. The van der Waals surface area contributed by atoms with Crippen LogP contribution in [-0.4, -0.2) is 23.7 Å². The van der Waals surface area contributed by atoms with Gasteiger partial charge in [0.05, 0.1) is 11.1 Å². The van der Waals surface area contributed by atoms with Crippen LogP contribution in [0.15, 0.2) is 18.2 Å². The third-order valence-corrected chi connectivity index (χ3v) is 3.14. The van der Waals surface area contributed by atoms with E-state index in [1.165, 1.54) is 6.07 Å². The van der Waals surface area contributed by atoms with Gasteiger partial charge in [-0.05, 0) is 31.5 Å². The molecule has 0 aliphatic carbocycles. The van der Waals surface area contributed by atoms with E-state index < -0.39 is 17.7 Å². The topological polar surface area (TPSA) is 40.5 Å². The highest BCUT2D eigenvalue weighted by Crippen LogP contribution is 2.35. The fourth-order valence-corrected chi connectivity index (χ4v) is 1.96. The predicted octanol–water partition coefficient (Wildman–Crippen LogP) is 3.00. The van der Waals surface area contributed by atoms with E-state index in [-0.39, 0.29) is 11.6 Å². The van der Waals surface area contributed by atoms with Crippen molar-refractivity contribution >= 4 is 11.7 Å². The Labute approximate surface area is 102 Å². The van der Waals surface area contributed by atoms with Crippen LogP contribution in [0.4, 0.5) is 18.9 Å². The first kappa shape index (κ1) is 12.7. The molecule has 2 rings (SSSR count). The molecule has 3 nitrogen and oxygen atoms in total.